The molecular formula is C19H28F3N3O5Si. The van der Waals surface area contributed by atoms with Gasteiger partial charge in [-0.1, -0.05) is 19.6 Å². The average Bonchev–Trinajstić information content (AvgIpc) is 3.30. The van der Waals surface area contributed by atoms with Gasteiger partial charge in [-0.2, -0.15) is 0 Å². The summed E-state index contributed by atoms with van der Waals surface area (Å²) in [6.07, 6.45) is -4.52. The molecule has 12 heteroatoms. The van der Waals surface area contributed by atoms with Gasteiger partial charge in [-0.15, -0.1) is 23.4 Å². The molecule has 0 aromatic carbocycles. The number of nitrogens with one attached hydrogen (secondary N) is 1. The fraction of sp³-hybridized carbons (Fsp3) is 0.842. The summed E-state index contributed by atoms with van der Waals surface area (Å²) in [4.78, 5) is 12.0. The highest BCUT2D eigenvalue weighted by Crippen LogP contribution is 2.46. The van der Waals surface area contributed by atoms with E-state index in [9.17, 15) is 18.0 Å². The van der Waals surface area contributed by atoms with Gasteiger partial charge in [0.1, 0.15) is 0 Å². The molecule has 1 N–H and O–H groups in total. The summed E-state index contributed by atoms with van der Waals surface area (Å²) in [6.45, 7) is 7.09. The number of carbonyl (C=O) groups excluding carboxylic acids is 1. The number of halogens is 3. The van der Waals surface area contributed by atoms with Gasteiger partial charge in [0.25, 0.3) is 0 Å². The Morgan fingerprint density at radius 1 is 1.13 bits per heavy atom. The topological polar surface area (TPSA) is 95.7 Å². The maximum Gasteiger partial charge on any atom is 0.522 e. The predicted molar refractivity (Wildman–Crippen MR) is 104 cm³/mol. The van der Waals surface area contributed by atoms with Gasteiger partial charge in [0.15, 0.2) is 0 Å². The minimum atomic E-state index is -4.62. The number of carbonyl (C=O) groups is 1. The second-order valence-electron chi connectivity index (χ2n) is 9.82. The largest absolute Gasteiger partial charge is 0.522 e. The Morgan fingerprint density at radius 3 is 2.45 bits per heavy atom. The SMILES string of the molecule is C[Si](C)(C)CCOC(=O)N[C@H]1C[C@H]2O[C@@H]1C[C@@H]2c1nnc([C@H]2C[C@@H](OC(F)(F)F)C2)o1. The summed E-state index contributed by atoms with van der Waals surface area (Å²) in [7, 11) is -1.26. The predicted octanol–water partition coefficient (Wildman–Crippen LogP) is 3.93. The second kappa shape index (κ2) is 8.36. The van der Waals surface area contributed by atoms with E-state index in [-0.39, 0.29) is 42.9 Å². The standard InChI is InChI=1S/C19H28F3N3O5Si/c1-31(2,3)5-4-27-18(26)23-13-9-14-12(8-15(13)28-14)17-25-24-16(29-17)10-6-11(7-10)30-19(20,21)22/h10-15H,4-9H2,1-3H3,(H,23,26)/t10-,11+,12-,13-,14+,15+/m0/s1. The number of ether oxygens (including phenoxy) is 3. The van der Waals surface area contributed by atoms with E-state index in [0.29, 0.717) is 31.2 Å². The van der Waals surface area contributed by atoms with Crippen molar-refractivity contribution in [3.05, 3.63) is 11.8 Å². The number of alkyl carbamates (subject to hydrolysis) is 1. The Labute approximate surface area is 179 Å². The third-order valence-corrected chi connectivity index (χ3v) is 7.83. The normalized spacial score (nSPS) is 32.7. The van der Waals surface area contributed by atoms with Crippen LogP contribution >= 0.6 is 0 Å². The van der Waals surface area contributed by atoms with Crippen molar-refractivity contribution in [3.63, 3.8) is 0 Å². The molecule has 1 aromatic heterocycles. The zero-order valence-electron chi connectivity index (χ0n) is 17.8. The monoisotopic (exact) mass is 463 g/mol. The van der Waals surface area contributed by atoms with Crippen LogP contribution in [0.5, 0.6) is 0 Å². The zero-order chi connectivity index (χ0) is 22.4. The summed E-state index contributed by atoms with van der Waals surface area (Å²) in [5.41, 5.74) is 0. The first-order valence-corrected chi connectivity index (χ1v) is 14.3. The van der Waals surface area contributed by atoms with Gasteiger partial charge in [-0.3, -0.25) is 4.74 Å². The average molecular weight is 464 g/mol. The minimum absolute atomic E-state index is 0.0745. The number of fused-ring (bicyclic) bond motifs is 2. The first-order valence-electron chi connectivity index (χ1n) is 10.6. The zero-order valence-corrected chi connectivity index (χ0v) is 18.8. The molecule has 3 fully saturated rings. The van der Waals surface area contributed by atoms with E-state index >= 15 is 0 Å². The second-order valence-corrected chi connectivity index (χ2v) is 15.4. The van der Waals surface area contributed by atoms with Gasteiger partial charge in [0.05, 0.1) is 36.9 Å². The van der Waals surface area contributed by atoms with Crippen molar-refractivity contribution in [3.8, 4) is 0 Å². The number of amides is 1. The Kier molecular flexibility index (Phi) is 6.07. The fourth-order valence-corrected chi connectivity index (χ4v) is 5.04. The van der Waals surface area contributed by atoms with Crippen molar-refractivity contribution in [2.24, 2.45) is 0 Å². The molecule has 0 unspecified atom stereocenters. The molecule has 4 rings (SSSR count). The molecule has 1 aromatic rings. The third-order valence-electron chi connectivity index (χ3n) is 6.13. The lowest BCUT2D eigenvalue weighted by atomic mass is 9.82. The Balaban J connectivity index is 1.22. The van der Waals surface area contributed by atoms with Crippen LogP contribution in [-0.2, 0) is 14.2 Å². The molecule has 1 saturated carbocycles. The van der Waals surface area contributed by atoms with Crippen LogP contribution in [0.15, 0.2) is 4.42 Å². The number of alkyl halides is 3. The van der Waals surface area contributed by atoms with Crippen LogP contribution in [0.1, 0.15) is 49.3 Å². The van der Waals surface area contributed by atoms with Gasteiger partial charge >= 0.3 is 12.5 Å². The van der Waals surface area contributed by atoms with Crippen LogP contribution in [-0.4, -0.2) is 61.7 Å². The van der Waals surface area contributed by atoms with Crippen LogP contribution < -0.4 is 5.32 Å². The molecule has 8 nitrogen and oxygen atoms in total. The number of nitrogens with zero attached hydrogens (tertiary/aromatic N) is 2. The number of rotatable bonds is 7. The lowest BCUT2D eigenvalue weighted by Crippen LogP contribution is -2.43. The summed E-state index contributed by atoms with van der Waals surface area (Å²) < 4.78 is 57.8. The molecule has 4 atom stereocenters. The molecule has 2 bridgehead atoms. The molecule has 1 amide bonds. The number of hydrogen-bond donors (Lipinski definition) is 1. The van der Waals surface area contributed by atoms with E-state index in [4.69, 9.17) is 13.9 Å². The van der Waals surface area contributed by atoms with Gasteiger partial charge in [0, 0.05) is 14.0 Å². The highest BCUT2D eigenvalue weighted by molar-refractivity contribution is 6.76. The molecule has 1 aliphatic carbocycles. The van der Waals surface area contributed by atoms with Crippen LogP contribution in [0.3, 0.4) is 0 Å². The maximum atomic E-state index is 12.3. The van der Waals surface area contributed by atoms with Gasteiger partial charge < -0.3 is 19.2 Å². The molecule has 2 aliphatic heterocycles. The van der Waals surface area contributed by atoms with E-state index in [1.807, 2.05) is 0 Å². The number of aromatic nitrogens is 2. The summed E-state index contributed by atoms with van der Waals surface area (Å²) in [6, 6.07) is 0.800. The molecule has 0 spiro atoms. The first kappa shape index (κ1) is 22.5. The van der Waals surface area contributed by atoms with E-state index in [0.717, 1.165) is 6.04 Å². The van der Waals surface area contributed by atoms with E-state index in [1.54, 1.807) is 0 Å². The summed E-state index contributed by atoms with van der Waals surface area (Å²) in [5, 5.41) is 11.0. The Bertz CT molecular complexity index is 793. The van der Waals surface area contributed by atoms with Gasteiger partial charge in [0.2, 0.25) is 11.8 Å². The molecular weight excluding hydrogens is 435 g/mol. The van der Waals surface area contributed by atoms with E-state index in [1.165, 1.54) is 0 Å². The van der Waals surface area contributed by atoms with Crippen molar-refractivity contribution < 1.29 is 36.6 Å². The molecule has 2 saturated heterocycles. The van der Waals surface area contributed by atoms with Crippen molar-refractivity contribution in [1.29, 1.82) is 0 Å². The molecule has 3 aliphatic rings. The van der Waals surface area contributed by atoms with Crippen molar-refractivity contribution in [1.82, 2.24) is 15.5 Å². The quantitative estimate of drug-likeness (QED) is 0.612. The smallest absolute Gasteiger partial charge is 0.450 e. The molecule has 3 heterocycles. The van der Waals surface area contributed by atoms with E-state index < -0.39 is 26.6 Å². The number of hydrogen-bond acceptors (Lipinski definition) is 7. The highest BCUT2D eigenvalue weighted by Gasteiger charge is 2.51. The Hall–Kier alpha value is -1.66. The summed E-state index contributed by atoms with van der Waals surface area (Å²) in [5.74, 6) is 0.502. The van der Waals surface area contributed by atoms with Crippen LogP contribution in [0.25, 0.3) is 0 Å². The van der Waals surface area contributed by atoms with Gasteiger partial charge in [-0.25, -0.2) is 4.79 Å². The third kappa shape index (κ3) is 5.58. The van der Waals surface area contributed by atoms with Crippen LogP contribution in [0.2, 0.25) is 25.7 Å². The van der Waals surface area contributed by atoms with Crippen molar-refractivity contribution in [2.45, 2.75) is 93.9 Å². The van der Waals surface area contributed by atoms with Crippen molar-refractivity contribution in [2.75, 3.05) is 6.61 Å². The highest BCUT2D eigenvalue weighted by atomic mass is 28.3. The summed E-state index contributed by atoms with van der Waals surface area (Å²) >= 11 is 0. The van der Waals surface area contributed by atoms with Gasteiger partial charge in [-0.05, 0) is 31.7 Å². The van der Waals surface area contributed by atoms with E-state index in [2.05, 4.69) is 39.9 Å². The molecule has 0 radical (unpaired) electrons. The molecule has 31 heavy (non-hydrogen) atoms. The van der Waals surface area contributed by atoms with Crippen LogP contribution in [0, 0.1) is 0 Å². The first-order chi connectivity index (χ1) is 14.5. The van der Waals surface area contributed by atoms with Crippen molar-refractivity contribution >= 4 is 14.2 Å². The maximum absolute atomic E-state index is 12.3. The lowest BCUT2D eigenvalue weighted by molar-refractivity contribution is -0.352. The molecule has 174 valence electrons. The Morgan fingerprint density at radius 2 is 1.84 bits per heavy atom. The van der Waals surface area contributed by atoms with Crippen LogP contribution in [0.4, 0.5) is 18.0 Å². The lowest BCUT2D eigenvalue weighted by Gasteiger charge is -2.32. The fourth-order valence-electron chi connectivity index (χ4n) is 4.33. The minimum Gasteiger partial charge on any atom is -0.450 e.